The fraction of sp³-hybridized carbons (Fsp3) is 0.250. The van der Waals surface area contributed by atoms with Crippen molar-refractivity contribution in [1.82, 2.24) is 10.2 Å². The Balaban J connectivity index is 1.25. The molecule has 0 saturated carbocycles. The summed E-state index contributed by atoms with van der Waals surface area (Å²) < 4.78 is 27.8. The fourth-order valence-corrected chi connectivity index (χ4v) is 5.43. The van der Waals surface area contributed by atoms with Crippen molar-refractivity contribution in [1.29, 1.82) is 0 Å². The second-order valence-corrected chi connectivity index (χ2v) is 10.8. The van der Waals surface area contributed by atoms with Crippen LogP contribution in [0.3, 0.4) is 0 Å². The molecule has 0 aliphatic carbocycles. The summed E-state index contributed by atoms with van der Waals surface area (Å²) in [7, 11) is -3.65. The largest absolute Gasteiger partial charge is 0.336 e. The Morgan fingerprint density at radius 2 is 1.55 bits per heavy atom. The van der Waals surface area contributed by atoms with Crippen LogP contribution >= 0.6 is 0 Å². The highest BCUT2D eigenvalue weighted by Crippen LogP contribution is 2.19. The number of hydrogen-bond donors (Lipinski definition) is 3. The number of hydrogen-bond acceptors (Lipinski definition) is 7. The fourth-order valence-electron chi connectivity index (χ4n) is 4.35. The molecule has 3 aromatic rings. The second-order valence-electron chi connectivity index (χ2n) is 9.11. The number of anilines is 2. The first-order valence-electron chi connectivity index (χ1n) is 12.7. The Hall–Kier alpha value is -4.02. The molecule has 3 N–H and O–H groups in total. The molecule has 1 saturated heterocycles. The number of piperazine rings is 1. The van der Waals surface area contributed by atoms with Gasteiger partial charge in [0.1, 0.15) is 0 Å². The number of guanidine groups is 1. The minimum Gasteiger partial charge on any atom is -0.336 e. The summed E-state index contributed by atoms with van der Waals surface area (Å²) >= 11 is 0. The Labute approximate surface area is 222 Å². The van der Waals surface area contributed by atoms with Crippen LogP contribution in [0.5, 0.6) is 0 Å². The van der Waals surface area contributed by atoms with Gasteiger partial charge in [-0.05, 0) is 66.9 Å². The number of nitrogens with one attached hydrogen (secondary N) is 3. The van der Waals surface area contributed by atoms with Crippen LogP contribution in [0.4, 0.5) is 11.4 Å². The molecule has 1 amide bonds. The average Bonchev–Trinajstić information content (AvgIpc) is 3.20. The van der Waals surface area contributed by atoms with E-state index in [1.165, 1.54) is 0 Å². The molecule has 3 aromatic carbocycles. The van der Waals surface area contributed by atoms with Crippen molar-refractivity contribution in [2.45, 2.75) is 17.7 Å². The quantitative estimate of drug-likeness (QED) is 0.451. The zero-order valence-corrected chi connectivity index (χ0v) is 21.7. The van der Waals surface area contributed by atoms with Gasteiger partial charge in [-0.3, -0.25) is 14.5 Å². The molecule has 0 spiro atoms. The van der Waals surface area contributed by atoms with Crippen LogP contribution in [0, 0.1) is 0 Å². The van der Waals surface area contributed by atoms with E-state index < -0.39 is 10.0 Å². The van der Waals surface area contributed by atoms with Crippen LogP contribution in [0.25, 0.3) is 0 Å². The molecule has 0 unspecified atom stereocenters. The van der Waals surface area contributed by atoms with Gasteiger partial charge in [-0.2, -0.15) is 0 Å². The van der Waals surface area contributed by atoms with E-state index in [1.54, 1.807) is 42.5 Å². The summed E-state index contributed by atoms with van der Waals surface area (Å²) in [5.74, 6) is 0.548. The van der Waals surface area contributed by atoms with Gasteiger partial charge in [-0.15, -0.1) is 0 Å². The molecule has 2 aliphatic rings. The zero-order chi connectivity index (χ0) is 26.4. The van der Waals surface area contributed by atoms with Crippen LogP contribution in [0.1, 0.15) is 28.8 Å². The monoisotopic (exact) mass is 530 g/mol. The molecule has 38 heavy (non-hydrogen) atoms. The Morgan fingerprint density at radius 1 is 0.868 bits per heavy atom. The summed E-state index contributed by atoms with van der Waals surface area (Å²) in [6.45, 7) is 3.71. The number of nitrogens with zero attached hydrogens (tertiary/aromatic N) is 3. The van der Waals surface area contributed by atoms with Gasteiger partial charge in [0.2, 0.25) is 5.96 Å². The molecule has 0 aromatic heterocycles. The van der Waals surface area contributed by atoms with Crippen LogP contribution in [0.2, 0.25) is 0 Å². The molecule has 2 aliphatic heterocycles. The Kier molecular flexibility index (Phi) is 7.81. The van der Waals surface area contributed by atoms with E-state index in [0.29, 0.717) is 36.8 Å². The van der Waals surface area contributed by atoms with Gasteiger partial charge in [0.05, 0.1) is 10.6 Å². The van der Waals surface area contributed by atoms with Gasteiger partial charge in [0, 0.05) is 49.7 Å². The SMILES string of the molecule is O=C(c1ccc(NC2=NCCCC(c3ccc(NS(=O)(=O)c4ccccc4)cc3)=N2)cc1)N1CCNCC1. The number of sulfonamides is 1. The molecule has 9 nitrogen and oxygen atoms in total. The standard InChI is InChI=1S/C28H30N6O3S/c35-27(34-19-17-29-18-20-34)22-10-12-23(13-11-22)31-28-30-16-4-7-26(32-28)21-8-14-24(15-9-21)33-38(36,37)25-5-2-1-3-6-25/h1-3,5-6,8-15,29,33H,4,7,16-20H2,(H,30,31). The highest BCUT2D eigenvalue weighted by atomic mass is 32.2. The van der Waals surface area contributed by atoms with E-state index in [9.17, 15) is 13.2 Å². The van der Waals surface area contributed by atoms with Gasteiger partial charge in [-0.25, -0.2) is 13.4 Å². The van der Waals surface area contributed by atoms with E-state index in [4.69, 9.17) is 4.99 Å². The lowest BCUT2D eigenvalue weighted by Gasteiger charge is -2.27. The van der Waals surface area contributed by atoms with E-state index in [2.05, 4.69) is 20.3 Å². The van der Waals surface area contributed by atoms with Gasteiger partial charge >= 0.3 is 0 Å². The lowest BCUT2D eigenvalue weighted by atomic mass is 10.1. The van der Waals surface area contributed by atoms with Crippen LogP contribution in [0.15, 0.2) is 93.7 Å². The molecule has 2 heterocycles. The summed E-state index contributed by atoms with van der Waals surface area (Å²) in [6.07, 6.45) is 1.60. The third kappa shape index (κ3) is 6.27. The lowest BCUT2D eigenvalue weighted by Crippen LogP contribution is -2.46. The highest BCUT2D eigenvalue weighted by molar-refractivity contribution is 7.92. The van der Waals surface area contributed by atoms with Crippen LogP contribution in [-0.2, 0) is 10.0 Å². The molecule has 0 atom stereocenters. The molecule has 196 valence electrons. The summed E-state index contributed by atoms with van der Waals surface area (Å²) in [5, 5.41) is 6.52. The van der Waals surface area contributed by atoms with Crippen molar-refractivity contribution in [3.63, 3.8) is 0 Å². The Bertz CT molecular complexity index is 1430. The minimum atomic E-state index is -3.65. The van der Waals surface area contributed by atoms with Gasteiger partial charge in [-0.1, -0.05) is 30.3 Å². The predicted molar refractivity (Wildman–Crippen MR) is 151 cm³/mol. The van der Waals surface area contributed by atoms with E-state index in [1.807, 2.05) is 41.3 Å². The molecule has 1 fully saturated rings. The second kappa shape index (κ2) is 11.6. The average molecular weight is 531 g/mol. The Morgan fingerprint density at radius 3 is 2.26 bits per heavy atom. The molecule has 10 heteroatoms. The van der Waals surface area contributed by atoms with Crippen molar-refractivity contribution in [3.8, 4) is 0 Å². The maximum atomic E-state index is 12.7. The predicted octanol–water partition coefficient (Wildman–Crippen LogP) is 3.58. The highest BCUT2D eigenvalue weighted by Gasteiger charge is 2.18. The first-order chi connectivity index (χ1) is 18.5. The van der Waals surface area contributed by atoms with E-state index >= 15 is 0 Å². The first kappa shape index (κ1) is 25.6. The van der Waals surface area contributed by atoms with Crippen molar-refractivity contribution < 1.29 is 13.2 Å². The van der Waals surface area contributed by atoms with E-state index in [-0.39, 0.29) is 10.8 Å². The van der Waals surface area contributed by atoms with Crippen molar-refractivity contribution in [2.24, 2.45) is 9.98 Å². The summed E-state index contributed by atoms with van der Waals surface area (Å²) in [5.41, 5.74) is 3.72. The number of carbonyl (C=O) groups excluding carboxylic acids is 1. The number of carbonyl (C=O) groups is 1. The molecule has 5 rings (SSSR count). The third-order valence-corrected chi connectivity index (χ3v) is 7.79. The third-order valence-electron chi connectivity index (χ3n) is 6.39. The number of aliphatic imine (C=N–C) groups is 2. The number of amides is 1. The van der Waals surface area contributed by atoms with Crippen molar-refractivity contribution >= 4 is 39.0 Å². The zero-order valence-electron chi connectivity index (χ0n) is 20.9. The summed E-state index contributed by atoms with van der Waals surface area (Å²) in [4.78, 5) is 24.1. The molecule has 0 radical (unpaired) electrons. The molecule has 0 bridgehead atoms. The topological polar surface area (TPSA) is 115 Å². The molecular formula is C28H30N6O3S. The first-order valence-corrected chi connectivity index (χ1v) is 14.1. The maximum absolute atomic E-state index is 12.7. The van der Waals surface area contributed by atoms with Crippen LogP contribution in [-0.4, -0.2) is 63.6 Å². The van der Waals surface area contributed by atoms with Gasteiger partial charge in [0.15, 0.2) is 0 Å². The van der Waals surface area contributed by atoms with Crippen molar-refractivity contribution in [2.75, 3.05) is 42.8 Å². The lowest BCUT2D eigenvalue weighted by molar-refractivity contribution is 0.0736. The number of rotatable bonds is 6. The minimum absolute atomic E-state index is 0.0414. The van der Waals surface area contributed by atoms with Gasteiger partial charge < -0.3 is 15.5 Å². The normalized spacial score (nSPS) is 16.2. The maximum Gasteiger partial charge on any atom is 0.261 e. The smallest absolute Gasteiger partial charge is 0.261 e. The van der Waals surface area contributed by atoms with Crippen molar-refractivity contribution in [3.05, 3.63) is 90.0 Å². The molecular weight excluding hydrogens is 500 g/mol. The van der Waals surface area contributed by atoms with Crippen LogP contribution < -0.4 is 15.4 Å². The van der Waals surface area contributed by atoms with E-state index in [0.717, 1.165) is 42.9 Å². The van der Waals surface area contributed by atoms with Gasteiger partial charge in [0.25, 0.3) is 15.9 Å². The summed E-state index contributed by atoms with van der Waals surface area (Å²) in [6, 6.07) is 22.9. The number of benzene rings is 3.